The van der Waals surface area contributed by atoms with Gasteiger partial charge < -0.3 is 4.52 Å². The molecule has 134 valence electrons. The smallest absolute Gasteiger partial charge is 0.273 e. The molecule has 0 N–H and O–H groups in total. The second-order valence-corrected chi connectivity index (χ2v) is 7.07. The lowest BCUT2D eigenvalue weighted by Crippen LogP contribution is -1.93. The molecule has 0 bridgehead atoms. The van der Waals surface area contributed by atoms with E-state index in [0.717, 1.165) is 11.1 Å². The number of aromatic nitrogens is 2. The minimum absolute atomic E-state index is 0.0440. The highest BCUT2D eigenvalue weighted by molar-refractivity contribution is 7.13. The standard InChI is InChI=1S/C20H15N3O3S/c1-13-7-8-16(12-17(13)23(24)25)20-21-19(26-22-20)11-14-4-2-5-15(10-14)18-6-3-9-27-18/h2-10,12H,11H2,1H3. The van der Waals surface area contributed by atoms with Crippen LogP contribution in [0.25, 0.3) is 21.8 Å². The van der Waals surface area contributed by atoms with E-state index in [9.17, 15) is 10.1 Å². The van der Waals surface area contributed by atoms with Crippen LogP contribution in [0.15, 0.2) is 64.5 Å². The van der Waals surface area contributed by atoms with Gasteiger partial charge in [0.15, 0.2) is 0 Å². The van der Waals surface area contributed by atoms with Crippen molar-refractivity contribution in [2.24, 2.45) is 0 Å². The van der Waals surface area contributed by atoms with Gasteiger partial charge in [0.05, 0.1) is 11.3 Å². The van der Waals surface area contributed by atoms with Crippen LogP contribution in [0.5, 0.6) is 0 Å². The van der Waals surface area contributed by atoms with E-state index in [-0.39, 0.29) is 5.69 Å². The van der Waals surface area contributed by atoms with E-state index < -0.39 is 4.92 Å². The Hall–Kier alpha value is -3.32. The minimum atomic E-state index is -0.407. The van der Waals surface area contributed by atoms with Crippen molar-refractivity contribution >= 4 is 17.0 Å². The summed E-state index contributed by atoms with van der Waals surface area (Å²) in [4.78, 5) is 16.3. The van der Waals surface area contributed by atoms with Crippen LogP contribution < -0.4 is 0 Å². The number of hydrogen-bond donors (Lipinski definition) is 0. The van der Waals surface area contributed by atoms with E-state index in [4.69, 9.17) is 4.52 Å². The van der Waals surface area contributed by atoms with E-state index in [1.165, 1.54) is 10.9 Å². The molecule has 7 heteroatoms. The average Bonchev–Trinajstić information content (AvgIpc) is 3.34. The predicted octanol–water partition coefficient (Wildman–Crippen LogP) is 5.27. The number of benzene rings is 2. The molecule has 0 spiro atoms. The van der Waals surface area contributed by atoms with Gasteiger partial charge in [-0.15, -0.1) is 11.3 Å². The largest absolute Gasteiger partial charge is 0.339 e. The molecule has 0 fully saturated rings. The van der Waals surface area contributed by atoms with Crippen molar-refractivity contribution in [3.63, 3.8) is 0 Å². The van der Waals surface area contributed by atoms with Crippen LogP contribution in [0.4, 0.5) is 5.69 Å². The lowest BCUT2D eigenvalue weighted by atomic mass is 10.1. The van der Waals surface area contributed by atoms with Gasteiger partial charge in [0.25, 0.3) is 5.69 Å². The number of rotatable bonds is 5. The fourth-order valence-electron chi connectivity index (χ4n) is 2.84. The summed E-state index contributed by atoms with van der Waals surface area (Å²) in [6.07, 6.45) is 0.500. The monoisotopic (exact) mass is 377 g/mol. The number of thiophene rings is 1. The molecule has 0 aliphatic heterocycles. The molecular formula is C20H15N3O3S. The van der Waals surface area contributed by atoms with Crippen molar-refractivity contribution in [3.05, 3.63) is 87.1 Å². The lowest BCUT2D eigenvalue weighted by molar-refractivity contribution is -0.385. The number of hydrogen-bond acceptors (Lipinski definition) is 6. The van der Waals surface area contributed by atoms with E-state index in [2.05, 4.69) is 28.3 Å². The van der Waals surface area contributed by atoms with Gasteiger partial charge in [-0.2, -0.15) is 4.98 Å². The summed E-state index contributed by atoms with van der Waals surface area (Å²) in [6, 6.07) is 17.2. The van der Waals surface area contributed by atoms with Crippen LogP contribution in [-0.2, 0) is 6.42 Å². The first kappa shape index (κ1) is 17.1. The van der Waals surface area contributed by atoms with E-state index >= 15 is 0 Å². The zero-order valence-corrected chi connectivity index (χ0v) is 15.3. The van der Waals surface area contributed by atoms with Crippen LogP contribution >= 0.6 is 11.3 Å². The molecule has 2 aromatic heterocycles. The van der Waals surface area contributed by atoms with Crippen LogP contribution in [0.2, 0.25) is 0 Å². The molecule has 27 heavy (non-hydrogen) atoms. The predicted molar refractivity (Wildman–Crippen MR) is 104 cm³/mol. The van der Waals surface area contributed by atoms with Crippen LogP contribution in [0.1, 0.15) is 17.0 Å². The van der Waals surface area contributed by atoms with Gasteiger partial charge in [0, 0.05) is 22.1 Å². The fourth-order valence-corrected chi connectivity index (χ4v) is 3.57. The second kappa shape index (κ2) is 7.13. The first-order valence-electron chi connectivity index (χ1n) is 8.31. The Morgan fingerprint density at radius 3 is 2.78 bits per heavy atom. The van der Waals surface area contributed by atoms with Gasteiger partial charge in [0.1, 0.15) is 0 Å². The van der Waals surface area contributed by atoms with Gasteiger partial charge >= 0.3 is 0 Å². The van der Waals surface area contributed by atoms with Crippen molar-refractivity contribution < 1.29 is 9.45 Å². The molecule has 0 unspecified atom stereocenters. The third-order valence-electron chi connectivity index (χ3n) is 4.22. The van der Waals surface area contributed by atoms with E-state index in [0.29, 0.717) is 29.3 Å². The summed E-state index contributed by atoms with van der Waals surface area (Å²) >= 11 is 1.69. The zero-order chi connectivity index (χ0) is 18.8. The van der Waals surface area contributed by atoms with Crippen LogP contribution in [-0.4, -0.2) is 15.1 Å². The molecule has 0 radical (unpaired) electrons. The summed E-state index contributed by atoms with van der Waals surface area (Å²) in [7, 11) is 0. The zero-order valence-electron chi connectivity index (χ0n) is 14.5. The fraction of sp³-hybridized carbons (Fsp3) is 0.100. The molecule has 0 saturated carbocycles. The molecule has 6 nitrogen and oxygen atoms in total. The number of nitrogens with zero attached hydrogens (tertiary/aromatic N) is 3. The van der Waals surface area contributed by atoms with Crippen LogP contribution in [0, 0.1) is 17.0 Å². The van der Waals surface area contributed by atoms with Gasteiger partial charge in [-0.3, -0.25) is 10.1 Å². The Bertz CT molecular complexity index is 1100. The van der Waals surface area contributed by atoms with E-state index in [1.54, 1.807) is 30.4 Å². The van der Waals surface area contributed by atoms with Gasteiger partial charge in [-0.05, 0) is 35.6 Å². The summed E-state index contributed by atoms with van der Waals surface area (Å²) in [6.45, 7) is 1.70. The van der Waals surface area contributed by atoms with Crippen molar-refractivity contribution in [3.8, 4) is 21.8 Å². The Kier molecular flexibility index (Phi) is 4.52. The first-order chi connectivity index (χ1) is 13.1. The third-order valence-corrected chi connectivity index (χ3v) is 5.14. The van der Waals surface area contributed by atoms with Gasteiger partial charge in [0.2, 0.25) is 11.7 Å². The molecule has 0 aliphatic rings. The number of aryl methyl sites for hydroxylation is 1. The van der Waals surface area contributed by atoms with Crippen molar-refractivity contribution in [2.75, 3.05) is 0 Å². The van der Waals surface area contributed by atoms with Crippen molar-refractivity contribution in [1.29, 1.82) is 0 Å². The Balaban J connectivity index is 1.58. The normalized spacial score (nSPS) is 10.9. The second-order valence-electron chi connectivity index (χ2n) is 6.12. The summed E-state index contributed by atoms with van der Waals surface area (Å²) in [5.41, 5.74) is 3.41. The molecule has 0 aliphatic carbocycles. The summed E-state index contributed by atoms with van der Waals surface area (Å²) < 4.78 is 5.36. The van der Waals surface area contributed by atoms with Crippen molar-refractivity contribution in [1.82, 2.24) is 10.1 Å². The summed E-state index contributed by atoms with van der Waals surface area (Å²) in [5.74, 6) is 0.819. The van der Waals surface area contributed by atoms with Crippen LogP contribution in [0.3, 0.4) is 0 Å². The molecule has 4 rings (SSSR count). The molecule has 0 amide bonds. The molecule has 0 saturated heterocycles. The maximum absolute atomic E-state index is 11.1. The average molecular weight is 377 g/mol. The maximum Gasteiger partial charge on any atom is 0.273 e. The quantitative estimate of drug-likeness (QED) is 0.349. The molecule has 2 heterocycles. The van der Waals surface area contributed by atoms with Crippen molar-refractivity contribution in [2.45, 2.75) is 13.3 Å². The Morgan fingerprint density at radius 1 is 1.11 bits per heavy atom. The highest BCUT2D eigenvalue weighted by Crippen LogP contribution is 2.27. The third kappa shape index (κ3) is 3.63. The van der Waals surface area contributed by atoms with E-state index in [1.807, 2.05) is 23.6 Å². The van der Waals surface area contributed by atoms with Gasteiger partial charge in [-0.1, -0.05) is 41.6 Å². The first-order valence-corrected chi connectivity index (χ1v) is 9.19. The van der Waals surface area contributed by atoms with Gasteiger partial charge in [-0.25, -0.2) is 0 Å². The molecule has 4 aromatic rings. The number of nitro groups is 1. The maximum atomic E-state index is 11.1. The minimum Gasteiger partial charge on any atom is -0.339 e. The molecule has 2 aromatic carbocycles. The SMILES string of the molecule is Cc1ccc(-c2noc(Cc3cccc(-c4cccs4)c3)n2)cc1[N+](=O)[O-]. The Labute approximate surface area is 159 Å². The highest BCUT2D eigenvalue weighted by atomic mass is 32.1. The highest BCUT2D eigenvalue weighted by Gasteiger charge is 2.15. The Morgan fingerprint density at radius 2 is 2.00 bits per heavy atom. The molecular weight excluding hydrogens is 362 g/mol. The topological polar surface area (TPSA) is 82.1 Å². The molecule has 0 atom stereocenters. The summed E-state index contributed by atoms with van der Waals surface area (Å²) in [5, 5.41) is 17.2. The lowest BCUT2D eigenvalue weighted by Gasteiger charge is -2.01. The number of nitro benzene ring substituents is 1.